The molecule has 0 aromatic heterocycles. The molecule has 0 atom stereocenters. The van der Waals surface area contributed by atoms with E-state index in [-0.39, 0.29) is 16.5 Å². The van der Waals surface area contributed by atoms with E-state index in [0.29, 0.717) is 5.02 Å². The third-order valence-electron chi connectivity index (χ3n) is 2.17. The van der Waals surface area contributed by atoms with Gasteiger partial charge in [0.05, 0.1) is 21.5 Å². The van der Waals surface area contributed by atoms with Gasteiger partial charge in [-0.1, -0.05) is 23.2 Å². The number of hydrogen-bond donors (Lipinski definition) is 1. The summed E-state index contributed by atoms with van der Waals surface area (Å²) in [7, 11) is -0.831. The molecule has 5 nitrogen and oxygen atoms in total. The molecule has 0 bridgehead atoms. The maximum Gasteiger partial charge on any atom is 0.240 e. The molecular weight excluding hydrogens is 301 g/mol. The summed E-state index contributed by atoms with van der Waals surface area (Å²) in [5.41, 5.74) is 0. The van der Waals surface area contributed by atoms with Crippen molar-refractivity contribution >= 4 is 33.2 Å². The number of hydrogen-bond acceptors (Lipinski definition) is 4. The Labute approximate surface area is 116 Å². The zero-order chi connectivity index (χ0) is 13.8. The van der Waals surface area contributed by atoms with Crippen LogP contribution in [-0.2, 0) is 19.5 Å². The SMILES string of the molecule is COC(CNS(=O)(=O)c1ccc(Cl)c(Cl)c1)OC. The number of rotatable bonds is 6. The summed E-state index contributed by atoms with van der Waals surface area (Å²) in [6.07, 6.45) is -0.650. The molecule has 0 saturated heterocycles. The van der Waals surface area contributed by atoms with Gasteiger partial charge in [0.25, 0.3) is 0 Å². The van der Waals surface area contributed by atoms with Gasteiger partial charge in [0.2, 0.25) is 10.0 Å². The Balaban J connectivity index is 2.83. The summed E-state index contributed by atoms with van der Waals surface area (Å²) in [5, 5.41) is 0.469. The third kappa shape index (κ3) is 4.08. The van der Waals surface area contributed by atoms with Crippen molar-refractivity contribution in [3.8, 4) is 0 Å². The molecule has 0 unspecified atom stereocenters. The molecule has 0 radical (unpaired) electrons. The summed E-state index contributed by atoms with van der Waals surface area (Å²) in [5.74, 6) is 0. The molecule has 0 aliphatic heterocycles. The molecule has 1 rings (SSSR count). The second-order valence-corrected chi connectivity index (χ2v) is 5.91. The van der Waals surface area contributed by atoms with E-state index in [1.807, 2.05) is 0 Å². The van der Waals surface area contributed by atoms with E-state index >= 15 is 0 Å². The van der Waals surface area contributed by atoms with Crippen LogP contribution in [0.2, 0.25) is 10.0 Å². The van der Waals surface area contributed by atoms with Gasteiger partial charge < -0.3 is 9.47 Å². The van der Waals surface area contributed by atoms with Crippen molar-refractivity contribution in [3.63, 3.8) is 0 Å². The normalized spacial score (nSPS) is 12.1. The minimum absolute atomic E-state index is 0.00439. The van der Waals surface area contributed by atoms with Gasteiger partial charge in [-0.05, 0) is 18.2 Å². The first-order valence-corrected chi connectivity index (χ1v) is 7.15. The summed E-state index contributed by atoms with van der Waals surface area (Å²) in [6.45, 7) is -0.00439. The molecule has 102 valence electrons. The van der Waals surface area contributed by atoms with Crippen molar-refractivity contribution in [2.45, 2.75) is 11.2 Å². The van der Waals surface area contributed by atoms with Gasteiger partial charge in [-0.3, -0.25) is 0 Å². The van der Waals surface area contributed by atoms with Crippen LogP contribution >= 0.6 is 23.2 Å². The lowest BCUT2D eigenvalue weighted by atomic mass is 10.4. The predicted octanol–water partition coefficient (Wildman–Crippen LogP) is 1.89. The van der Waals surface area contributed by atoms with Crippen LogP contribution < -0.4 is 4.72 Å². The molecule has 0 aliphatic carbocycles. The molecule has 0 amide bonds. The first-order chi connectivity index (χ1) is 8.40. The number of benzene rings is 1. The number of sulfonamides is 1. The van der Waals surface area contributed by atoms with Crippen molar-refractivity contribution in [2.24, 2.45) is 0 Å². The highest BCUT2D eigenvalue weighted by Crippen LogP contribution is 2.24. The van der Waals surface area contributed by atoms with E-state index in [2.05, 4.69) is 4.72 Å². The largest absolute Gasteiger partial charge is 0.355 e. The maximum absolute atomic E-state index is 11.9. The van der Waals surface area contributed by atoms with Gasteiger partial charge in [-0.15, -0.1) is 0 Å². The zero-order valence-electron chi connectivity index (χ0n) is 9.81. The van der Waals surface area contributed by atoms with Crippen LogP contribution in [0.1, 0.15) is 0 Å². The smallest absolute Gasteiger partial charge is 0.240 e. The predicted molar refractivity (Wildman–Crippen MR) is 69.5 cm³/mol. The Morgan fingerprint density at radius 1 is 1.22 bits per heavy atom. The van der Waals surface area contributed by atoms with Crippen LogP contribution in [0.3, 0.4) is 0 Å². The summed E-state index contributed by atoms with van der Waals surface area (Å²) in [6, 6.07) is 4.06. The van der Waals surface area contributed by atoms with Gasteiger partial charge in [-0.2, -0.15) is 0 Å². The van der Waals surface area contributed by atoms with Crippen LogP contribution in [-0.4, -0.2) is 35.5 Å². The van der Waals surface area contributed by atoms with Crippen molar-refractivity contribution in [1.82, 2.24) is 4.72 Å². The van der Waals surface area contributed by atoms with E-state index in [1.165, 1.54) is 32.4 Å². The molecule has 8 heteroatoms. The average Bonchev–Trinajstić information content (AvgIpc) is 2.33. The number of ether oxygens (including phenoxy) is 2. The Bertz CT molecular complexity index is 503. The first kappa shape index (κ1) is 15.7. The number of halogens is 2. The van der Waals surface area contributed by atoms with Gasteiger partial charge in [-0.25, -0.2) is 13.1 Å². The van der Waals surface area contributed by atoms with E-state index in [9.17, 15) is 8.42 Å². The molecule has 1 aromatic carbocycles. The minimum Gasteiger partial charge on any atom is -0.355 e. The van der Waals surface area contributed by atoms with Crippen LogP contribution in [0.4, 0.5) is 0 Å². The second-order valence-electron chi connectivity index (χ2n) is 3.33. The zero-order valence-corrected chi connectivity index (χ0v) is 12.1. The summed E-state index contributed by atoms with van der Waals surface area (Å²) >= 11 is 11.5. The van der Waals surface area contributed by atoms with Crippen LogP contribution in [0, 0.1) is 0 Å². The van der Waals surface area contributed by atoms with Crippen molar-refractivity contribution in [1.29, 1.82) is 0 Å². The Hall–Kier alpha value is -0.370. The lowest BCUT2D eigenvalue weighted by Gasteiger charge is -2.14. The van der Waals surface area contributed by atoms with Crippen molar-refractivity contribution in [2.75, 3.05) is 20.8 Å². The Morgan fingerprint density at radius 2 is 1.83 bits per heavy atom. The van der Waals surface area contributed by atoms with Crippen molar-refractivity contribution < 1.29 is 17.9 Å². The highest BCUT2D eigenvalue weighted by molar-refractivity contribution is 7.89. The summed E-state index contributed by atoms with van der Waals surface area (Å²) in [4.78, 5) is 0.0304. The minimum atomic E-state index is -3.67. The number of nitrogens with one attached hydrogen (secondary N) is 1. The van der Waals surface area contributed by atoms with Gasteiger partial charge in [0.1, 0.15) is 0 Å². The molecule has 0 aliphatic rings. The fraction of sp³-hybridized carbons (Fsp3) is 0.400. The molecule has 0 saturated carbocycles. The van der Waals surface area contributed by atoms with Crippen LogP contribution in [0.25, 0.3) is 0 Å². The Morgan fingerprint density at radius 3 is 2.33 bits per heavy atom. The molecular formula is C10H13Cl2NO4S. The fourth-order valence-electron chi connectivity index (χ4n) is 1.17. The van der Waals surface area contributed by atoms with Crippen LogP contribution in [0.5, 0.6) is 0 Å². The van der Waals surface area contributed by atoms with Crippen molar-refractivity contribution in [3.05, 3.63) is 28.2 Å². The Kier molecular flexibility index (Phi) is 5.84. The van der Waals surface area contributed by atoms with E-state index < -0.39 is 16.3 Å². The monoisotopic (exact) mass is 313 g/mol. The quantitative estimate of drug-likeness (QED) is 0.815. The lowest BCUT2D eigenvalue weighted by molar-refractivity contribution is -0.0960. The van der Waals surface area contributed by atoms with E-state index in [0.717, 1.165) is 0 Å². The highest BCUT2D eigenvalue weighted by atomic mass is 35.5. The lowest BCUT2D eigenvalue weighted by Crippen LogP contribution is -2.34. The maximum atomic E-state index is 11.9. The second kappa shape index (κ2) is 6.70. The molecule has 18 heavy (non-hydrogen) atoms. The van der Waals surface area contributed by atoms with E-state index in [4.69, 9.17) is 32.7 Å². The molecule has 0 fully saturated rings. The average molecular weight is 314 g/mol. The first-order valence-electron chi connectivity index (χ1n) is 4.91. The highest BCUT2D eigenvalue weighted by Gasteiger charge is 2.17. The van der Waals surface area contributed by atoms with Gasteiger partial charge in [0.15, 0.2) is 6.29 Å². The van der Waals surface area contributed by atoms with Gasteiger partial charge in [0, 0.05) is 14.2 Å². The molecule has 0 spiro atoms. The third-order valence-corrected chi connectivity index (χ3v) is 4.33. The standard InChI is InChI=1S/C10H13Cl2NO4S/c1-16-10(17-2)6-13-18(14,15)7-3-4-8(11)9(12)5-7/h3-5,10,13H,6H2,1-2H3. The van der Waals surface area contributed by atoms with Gasteiger partial charge >= 0.3 is 0 Å². The molecule has 1 N–H and O–H groups in total. The molecule has 0 heterocycles. The topological polar surface area (TPSA) is 64.6 Å². The van der Waals surface area contributed by atoms with Crippen LogP contribution in [0.15, 0.2) is 23.1 Å². The number of methoxy groups -OCH3 is 2. The molecule has 1 aromatic rings. The fourth-order valence-corrected chi connectivity index (χ4v) is 2.57. The summed E-state index contributed by atoms with van der Waals surface area (Å²) < 4.78 is 35.9. The van der Waals surface area contributed by atoms with E-state index in [1.54, 1.807) is 0 Å².